The molecule has 2 heterocycles. The minimum Gasteiger partial charge on any atom is -0.340 e. The van der Waals surface area contributed by atoms with Crippen molar-refractivity contribution in [3.05, 3.63) is 88.5 Å². The van der Waals surface area contributed by atoms with E-state index in [2.05, 4.69) is 20.4 Å². The van der Waals surface area contributed by atoms with Gasteiger partial charge in [-0.2, -0.15) is 4.98 Å². The fourth-order valence-electron chi connectivity index (χ4n) is 2.76. The first-order valence-corrected chi connectivity index (χ1v) is 9.47. The first-order valence-electron chi connectivity index (χ1n) is 8.59. The summed E-state index contributed by atoms with van der Waals surface area (Å²) in [7, 11) is 0. The van der Waals surface area contributed by atoms with Crippen molar-refractivity contribution < 1.29 is 18.1 Å². The number of aryl methyl sites for hydroxylation is 1. The second-order valence-corrected chi connectivity index (χ2v) is 6.98. The number of amides is 1. The molecule has 0 aliphatic rings. The summed E-state index contributed by atoms with van der Waals surface area (Å²) >= 11 is 1.14. The van der Waals surface area contributed by atoms with E-state index in [1.807, 2.05) is 0 Å². The lowest BCUT2D eigenvalue weighted by Gasteiger charge is -2.15. The van der Waals surface area contributed by atoms with Gasteiger partial charge < -0.3 is 9.84 Å². The number of nitrogens with one attached hydrogen (secondary N) is 1. The van der Waals surface area contributed by atoms with Crippen LogP contribution in [-0.4, -0.2) is 21.0 Å². The lowest BCUT2D eigenvalue weighted by molar-refractivity contribution is 0.0936. The maximum absolute atomic E-state index is 14.4. The standard InChI is InChI=1S/C20H14F2N4O2S/c1-11-23-18(26-28-11)17(12-6-2-4-8-14(12)21)25-19(27)16-10-29-20(24-16)13-7-3-5-9-15(13)22/h2-10,17H,1H3,(H,25,27)/t17-/m0/s1. The summed E-state index contributed by atoms with van der Waals surface area (Å²) in [4.78, 5) is 21.1. The molecular weight excluding hydrogens is 398 g/mol. The summed E-state index contributed by atoms with van der Waals surface area (Å²) < 4.78 is 33.3. The summed E-state index contributed by atoms with van der Waals surface area (Å²) in [6.45, 7) is 1.60. The highest BCUT2D eigenvalue weighted by molar-refractivity contribution is 7.13. The first-order chi connectivity index (χ1) is 14.0. The van der Waals surface area contributed by atoms with Crippen LogP contribution >= 0.6 is 11.3 Å². The number of hydrogen-bond acceptors (Lipinski definition) is 6. The molecule has 4 rings (SSSR count). The van der Waals surface area contributed by atoms with Gasteiger partial charge in [0.05, 0.1) is 0 Å². The van der Waals surface area contributed by atoms with Crippen molar-refractivity contribution in [2.75, 3.05) is 0 Å². The van der Waals surface area contributed by atoms with E-state index < -0.39 is 23.6 Å². The molecule has 1 N–H and O–H groups in total. The molecule has 9 heteroatoms. The summed E-state index contributed by atoms with van der Waals surface area (Å²) in [6.07, 6.45) is 0. The van der Waals surface area contributed by atoms with E-state index >= 15 is 0 Å². The number of rotatable bonds is 5. The number of benzene rings is 2. The summed E-state index contributed by atoms with van der Waals surface area (Å²) in [6, 6.07) is 11.2. The SMILES string of the molecule is Cc1nc([C@@H](NC(=O)c2csc(-c3ccccc3F)n2)c2ccccc2F)no1. The van der Waals surface area contributed by atoms with Crippen LogP contribution in [0.2, 0.25) is 0 Å². The highest BCUT2D eigenvalue weighted by atomic mass is 32.1. The maximum atomic E-state index is 14.4. The van der Waals surface area contributed by atoms with Crippen molar-refractivity contribution in [3.8, 4) is 10.6 Å². The Morgan fingerprint density at radius 3 is 2.48 bits per heavy atom. The smallest absolute Gasteiger partial charge is 0.271 e. The average molecular weight is 412 g/mol. The van der Waals surface area contributed by atoms with E-state index in [9.17, 15) is 13.6 Å². The molecule has 1 amide bonds. The molecule has 0 radical (unpaired) electrons. The van der Waals surface area contributed by atoms with Crippen molar-refractivity contribution in [2.24, 2.45) is 0 Å². The van der Waals surface area contributed by atoms with Gasteiger partial charge in [0.25, 0.3) is 5.91 Å². The molecule has 0 spiro atoms. The Morgan fingerprint density at radius 2 is 1.79 bits per heavy atom. The molecule has 6 nitrogen and oxygen atoms in total. The number of nitrogens with zero attached hydrogens (tertiary/aromatic N) is 3. The topological polar surface area (TPSA) is 80.9 Å². The highest BCUT2D eigenvalue weighted by Gasteiger charge is 2.26. The van der Waals surface area contributed by atoms with Crippen LogP contribution in [0.25, 0.3) is 10.6 Å². The fourth-order valence-corrected chi connectivity index (χ4v) is 3.59. The van der Waals surface area contributed by atoms with Gasteiger partial charge in [-0.25, -0.2) is 13.8 Å². The highest BCUT2D eigenvalue weighted by Crippen LogP contribution is 2.27. The van der Waals surface area contributed by atoms with E-state index in [0.717, 1.165) is 11.3 Å². The molecule has 0 unspecified atom stereocenters. The normalized spacial score (nSPS) is 12.0. The number of aromatic nitrogens is 3. The van der Waals surface area contributed by atoms with E-state index in [1.165, 1.54) is 23.6 Å². The molecule has 146 valence electrons. The third-order valence-electron chi connectivity index (χ3n) is 4.13. The van der Waals surface area contributed by atoms with E-state index in [0.29, 0.717) is 10.6 Å². The molecule has 0 aliphatic carbocycles. The maximum Gasteiger partial charge on any atom is 0.271 e. The number of carbonyl (C=O) groups is 1. The number of carbonyl (C=O) groups excluding carboxylic acids is 1. The van der Waals surface area contributed by atoms with Crippen LogP contribution in [0.5, 0.6) is 0 Å². The Kier molecular flexibility index (Phi) is 5.13. The van der Waals surface area contributed by atoms with Crippen LogP contribution in [0.4, 0.5) is 8.78 Å². The lowest BCUT2D eigenvalue weighted by atomic mass is 10.1. The number of thiazole rings is 1. The zero-order valence-corrected chi connectivity index (χ0v) is 15.9. The van der Waals surface area contributed by atoms with E-state index in [4.69, 9.17) is 4.52 Å². The fraction of sp³-hybridized carbons (Fsp3) is 0.100. The van der Waals surface area contributed by atoms with E-state index in [1.54, 1.807) is 37.3 Å². The monoisotopic (exact) mass is 412 g/mol. The Hall–Kier alpha value is -3.46. The van der Waals surface area contributed by atoms with Gasteiger partial charge in [0, 0.05) is 23.4 Å². The molecule has 0 saturated heterocycles. The van der Waals surface area contributed by atoms with Crippen molar-refractivity contribution in [3.63, 3.8) is 0 Å². The molecule has 0 fully saturated rings. The Morgan fingerprint density at radius 1 is 1.07 bits per heavy atom. The number of halogens is 2. The molecule has 0 saturated carbocycles. The average Bonchev–Trinajstić information content (AvgIpc) is 3.36. The lowest BCUT2D eigenvalue weighted by Crippen LogP contribution is -2.31. The zero-order chi connectivity index (χ0) is 20.4. The third kappa shape index (κ3) is 3.90. The van der Waals surface area contributed by atoms with Gasteiger partial charge in [0.1, 0.15) is 28.4 Å². The van der Waals surface area contributed by atoms with Gasteiger partial charge in [-0.15, -0.1) is 11.3 Å². The molecule has 0 aliphatic heterocycles. The van der Waals surface area contributed by atoms with Gasteiger partial charge in [0.15, 0.2) is 5.82 Å². The molecule has 4 aromatic rings. The third-order valence-corrected chi connectivity index (χ3v) is 5.01. The Bertz CT molecular complexity index is 1170. The molecule has 1 atom stereocenters. The van der Waals surface area contributed by atoms with Crippen molar-refractivity contribution in [1.82, 2.24) is 20.4 Å². The Labute approximate surface area is 168 Å². The van der Waals surface area contributed by atoms with Gasteiger partial charge in [0.2, 0.25) is 5.89 Å². The second kappa shape index (κ2) is 7.88. The van der Waals surface area contributed by atoms with Crippen LogP contribution in [0.3, 0.4) is 0 Å². The van der Waals surface area contributed by atoms with Crippen molar-refractivity contribution in [2.45, 2.75) is 13.0 Å². The van der Waals surface area contributed by atoms with Gasteiger partial charge in [-0.3, -0.25) is 4.79 Å². The van der Waals surface area contributed by atoms with Gasteiger partial charge in [-0.1, -0.05) is 35.5 Å². The second-order valence-electron chi connectivity index (χ2n) is 6.12. The van der Waals surface area contributed by atoms with Crippen molar-refractivity contribution in [1.29, 1.82) is 0 Å². The minimum absolute atomic E-state index is 0.0785. The predicted molar refractivity (Wildman–Crippen MR) is 102 cm³/mol. The molecular formula is C20H14F2N4O2S. The van der Waals surface area contributed by atoms with Crippen LogP contribution in [-0.2, 0) is 0 Å². The minimum atomic E-state index is -0.972. The van der Waals surface area contributed by atoms with E-state index in [-0.39, 0.29) is 23.0 Å². The molecule has 2 aromatic heterocycles. The first kappa shape index (κ1) is 18.9. The van der Waals surface area contributed by atoms with Gasteiger partial charge >= 0.3 is 0 Å². The van der Waals surface area contributed by atoms with Crippen molar-refractivity contribution >= 4 is 17.2 Å². The quantitative estimate of drug-likeness (QED) is 0.529. The van der Waals surface area contributed by atoms with Crippen LogP contribution in [0.15, 0.2) is 58.4 Å². The largest absolute Gasteiger partial charge is 0.340 e. The van der Waals surface area contributed by atoms with Crippen LogP contribution in [0.1, 0.15) is 33.8 Å². The summed E-state index contributed by atoms with van der Waals surface area (Å²) in [5.74, 6) is -1.12. The van der Waals surface area contributed by atoms with Crippen LogP contribution < -0.4 is 5.32 Å². The zero-order valence-electron chi connectivity index (χ0n) is 15.1. The Balaban J connectivity index is 1.64. The predicted octanol–water partition coefficient (Wildman–Crippen LogP) is 4.30. The molecule has 29 heavy (non-hydrogen) atoms. The molecule has 2 aromatic carbocycles. The summed E-state index contributed by atoms with van der Waals surface area (Å²) in [5, 5.41) is 8.37. The molecule has 0 bridgehead atoms. The summed E-state index contributed by atoms with van der Waals surface area (Å²) in [5.41, 5.74) is 0.567. The van der Waals surface area contributed by atoms with Crippen LogP contribution in [0, 0.1) is 18.6 Å². The van der Waals surface area contributed by atoms with Gasteiger partial charge in [-0.05, 0) is 18.2 Å². The number of hydrogen-bond donors (Lipinski definition) is 1.